The van der Waals surface area contributed by atoms with Crippen LogP contribution in [0.1, 0.15) is 60.0 Å². The molecule has 3 aromatic rings. The first-order chi connectivity index (χ1) is 15.3. The van der Waals surface area contributed by atoms with E-state index >= 15 is 0 Å². The molecule has 4 rings (SSSR count). The molecule has 0 bridgehead atoms. The Labute approximate surface area is 188 Å². The standard InChI is InChI=1S/C24H17ClN2O5/c1-13(14-5-3-2-4-6-14)27-22(29)17-9-7-15(11-19(17)23(27)30)21(28)26-20-12-16(25)8-10-18(20)24(31)32/h2-13H,1H3,(H,26,28)(H,31,32)/p-1/t13-/m0/s1. The van der Waals surface area contributed by atoms with Gasteiger partial charge in [-0.25, -0.2) is 0 Å². The SMILES string of the molecule is C[C@@H](c1ccccc1)N1C(=O)c2ccc(C(=O)Nc3cc(Cl)ccc3C(=O)[O-])cc2C1=O. The summed E-state index contributed by atoms with van der Waals surface area (Å²) in [7, 11) is 0. The maximum atomic E-state index is 13.0. The van der Waals surface area contributed by atoms with Crippen LogP contribution in [0.3, 0.4) is 0 Å². The van der Waals surface area contributed by atoms with Gasteiger partial charge in [-0.15, -0.1) is 0 Å². The van der Waals surface area contributed by atoms with Crippen molar-refractivity contribution in [3.63, 3.8) is 0 Å². The number of hydrogen-bond donors (Lipinski definition) is 1. The number of imide groups is 1. The van der Waals surface area contributed by atoms with E-state index in [0.717, 1.165) is 10.5 Å². The van der Waals surface area contributed by atoms with Gasteiger partial charge in [-0.05, 0) is 48.9 Å². The molecule has 0 fully saturated rings. The van der Waals surface area contributed by atoms with Crippen LogP contribution < -0.4 is 10.4 Å². The number of carboxylic acids is 1. The normalized spacial score (nSPS) is 13.6. The van der Waals surface area contributed by atoms with Gasteiger partial charge in [-0.3, -0.25) is 19.3 Å². The summed E-state index contributed by atoms with van der Waals surface area (Å²) in [6.45, 7) is 1.76. The fourth-order valence-electron chi connectivity index (χ4n) is 3.63. The number of hydrogen-bond acceptors (Lipinski definition) is 5. The maximum absolute atomic E-state index is 13.0. The summed E-state index contributed by atoms with van der Waals surface area (Å²) in [6.07, 6.45) is 0. The largest absolute Gasteiger partial charge is 0.545 e. The number of carboxylic acid groups (broad SMARTS) is 1. The number of anilines is 1. The van der Waals surface area contributed by atoms with Crippen molar-refractivity contribution in [3.8, 4) is 0 Å². The van der Waals surface area contributed by atoms with Crippen molar-refractivity contribution in [2.24, 2.45) is 0 Å². The minimum Gasteiger partial charge on any atom is -0.545 e. The molecule has 0 spiro atoms. The van der Waals surface area contributed by atoms with E-state index in [4.69, 9.17) is 11.6 Å². The third-order valence-corrected chi connectivity index (χ3v) is 5.53. The summed E-state index contributed by atoms with van der Waals surface area (Å²) in [4.78, 5) is 51.1. The third-order valence-electron chi connectivity index (χ3n) is 5.30. The Morgan fingerprint density at radius 2 is 1.62 bits per heavy atom. The zero-order chi connectivity index (χ0) is 23.0. The number of rotatable bonds is 5. The van der Waals surface area contributed by atoms with Crippen LogP contribution in [0, 0.1) is 0 Å². The lowest BCUT2D eigenvalue weighted by atomic mass is 10.0. The fourth-order valence-corrected chi connectivity index (χ4v) is 3.80. The summed E-state index contributed by atoms with van der Waals surface area (Å²) < 4.78 is 0. The van der Waals surface area contributed by atoms with Crippen LogP contribution in [0.4, 0.5) is 5.69 Å². The van der Waals surface area contributed by atoms with Crippen molar-refractivity contribution in [2.45, 2.75) is 13.0 Å². The highest BCUT2D eigenvalue weighted by atomic mass is 35.5. The van der Waals surface area contributed by atoms with Crippen molar-refractivity contribution >= 4 is 41.0 Å². The van der Waals surface area contributed by atoms with Crippen molar-refractivity contribution in [1.82, 2.24) is 4.90 Å². The van der Waals surface area contributed by atoms with E-state index in [0.29, 0.717) is 0 Å². The average molecular weight is 448 g/mol. The molecule has 32 heavy (non-hydrogen) atoms. The highest BCUT2D eigenvalue weighted by molar-refractivity contribution is 6.31. The Hall–Kier alpha value is -3.97. The Morgan fingerprint density at radius 3 is 2.31 bits per heavy atom. The molecule has 3 aromatic carbocycles. The van der Waals surface area contributed by atoms with Crippen LogP contribution in [-0.2, 0) is 0 Å². The number of halogens is 1. The fraction of sp³-hybridized carbons (Fsp3) is 0.0833. The van der Waals surface area contributed by atoms with Crippen molar-refractivity contribution in [1.29, 1.82) is 0 Å². The number of carbonyl (C=O) groups is 4. The van der Waals surface area contributed by atoms with Gasteiger partial charge in [-0.1, -0.05) is 41.9 Å². The summed E-state index contributed by atoms with van der Waals surface area (Å²) >= 11 is 5.91. The first-order valence-corrected chi connectivity index (χ1v) is 10.0. The minimum atomic E-state index is -1.47. The van der Waals surface area contributed by atoms with Gasteiger partial charge in [0.1, 0.15) is 0 Å². The van der Waals surface area contributed by atoms with Gasteiger partial charge in [0.15, 0.2) is 0 Å². The van der Waals surface area contributed by atoms with E-state index in [-0.39, 0.29) is 33.0 Å². The molecule has 7 nitrogen and oxygen atoms in total. The molecule has 1 N–H and O–H groups in total. The molecule has 1 aliphatic heterocycles. The third kappa shape index (κ3) is 3.74. The Bertz CT molecular complexity index is 1270. The molecule has 1 heterocycles. The first-order valence-electron chi connectivity index (χ1n) is 9.67. The molecular formula is C24H16ClN2O5-. The van der Waals surface area contributed by atoms with Gasteiger partial charge >= 0.3 is 0 Å². The molecule has 0 unspecified atom stereocenters. The summed E-state index contributed by atoms with van der Waals surface area (Å²) in [5.74, 6) is -3.08. The zero-order valence-electron chi connectivity index (χ0n) is 16.8. The molecule has 3 amide bonds. The predicted molar refractivity (Wildman–Crippen MR) is 116 cm³/mol. The lowest BCUT2D eigenvalue weighted by molar-refractivity contribution is -0.254. The highest BCUT2D eigenvalue weighted by Crippen LogP contribution is 2.32. The molecule has 0 radical (unpaired) electrons. The number of benzene rings is 3. The number of nitrogens with zero attached hydrogens (tertiary/aromatic N) is 1. The second-order valence-electron chi connectivity index (χ2n) is 7.26. The number of amides is 3. The molecule has 1 aliphatic rings. The molecular weight excluding hydrogens is 432 g/mol. The van der Waals surface area contributed by atoms with Gasteiger partial charge in [0.25, 0.3) is 17.7 Å². The topological polar surface area (TPSA) is 107 Å². The summed E-state index contributed by atoms with van der Waals surface area (Å²) in [5, 5.41) is 14.0. The second-order valence-corrected chi connectivity index (χ2v) is 7.70. The average Bonchev–Trinajstić information content (AvgIpc) is 3.03. The van der Waals surface area contributed by atoms with Gasteiger partial charge in [0.05, 0.1) is 28.8 Å². The Morgan fingerprint density at radius 1 is 0.938 bits per heavy atom. The summed E-state index contributed by atoms with van der Waals surface area (Å²) in [6, 6.07) is 16.7. The van der Waals surface area contributed by atoms with Gasteiger partial charge in [0, 0.05) is 16.1 Å². The van der Waals surface area contributed by atoms with Crippen LogP contribution in [0.25, 0.3) is 0 Å². The van der Waals surface area contributed by atoms with Crippen LogP contribution in [0.5, 0.6) is 0 Å². The van der Waals surface area contributed by atoms with E-state index in [1.54, 1.807) is 6.92 Å². The smallest absolute Gasteiger partial charge is 0.262 e. The van der Waals surface area contributed by atoms with Gasteiger partial charge < -0.3 is 15.2 Å². The van der Waals surface area contributed by atoms with Crippen molar-refractivity contribution in [2.75, 3.05) is 5.32 Å². The number of nitrogens with one attached hydrogen (secondary N) is 1. The molecule has 0 saturated carbocycles. The van der Waals surface area contributed by atoms with E-state index in [2.05, 4.69) is 5.32 Å². The molecule has 0 aliphatic carbocycles. The lowest BCUT2D eigenvalue weighted by Crippen LogP contribution is -2.32. The number of fused-ring (bicyclic) bond motifs is 1. The molecule has 160 valence electrons. The first kappa shape index (κ1) is 21.3. The monoisotopic (exact) mass is 447 g/mol. The highest BCUT2D eigenvalue weighted by Gasteiger charge is 2.39. The minimum absolute atomic E-state index is 0.0373. The zero-order valence-corrected chi connectivity index (χ0v) is 17.6. The number of aromatic carboxylic acids is 1. The second kappa shape index (κ2) is 8.28. The molecule has 8 heteroatoms. The van der Waals surface area contributed by atoms with Crippen molar-refractivity contribution < 1.29 is 24.3 Å². The van der Waals surface area contributed by atoms with Crippen LogP contribution in [-0.4, -0.2) is 28.6 Å². The molecule has 0 saturated heterocycles. The van der Waals surface area contributed by atoms with Crippen LogP contribution in [0.15, 0.2) is 66.7 Å². The van der Waals surface area contributed by atoms with Crippen molar-refractivity contribution in [3.05, 3.63) is 99.6 Å². The van der Waals surface area contributed by atoms with Crippen LogP contribution >= 0.6 is 11.6 Å². The lowest BCUT2D eigenvalue weighted by Gasteiger charge is -2.22. The Balaban J connectivity index is 1.63. The predicted octanol–water partition coefficient (Wildman–Crippen LogP) is 3.31. The Kier molecular flexibility index (Phi) is 5.50. The van der Waals surface area contributed by atoms with E-state index in [9.17, 15) is 24.3 Å². The molecule has 1 atom stereocenters. The van der Waals surface area contributed by atoms with Crippen LogP contribution in [0.2, 0.25) is 5.02 Å². The van der Waals surface area contributed by atoms with Gasteiger partial charge in [-0.2, -0.15) is 0 Å². The molecule has 0 aromatic heterocycles. The quantitative estimate of drug-likeness (QED) is 0.604. The summed E-state index contributed by atoms with van der Waals surface area (Å²) in [5.41, 5.74) is 0.922. The maximum Gasteiger partial charge on any atom is 0.262 e. The number of carbonyl (C=O) groups excluding carboxylic acids is 4. The van der Waals surface area contributed by atoms with Gasteiger partial charge in [0.2, 0.25) is 0 Å². The van der Waals surface area contributed by atoms with E-state index in [1.807, 2.05) is 30.3 Å². The van der Waals surface area contributed by atoms with E-state index in [1.165, 1.54) is 36.4 Å². The van der Waals surface area contributed by atoms with E-state index < -0.39 is 29.7 Å².